The number of hydrogen-bond acceptors (Lipinski definition) is 3. The van der Waals surface area contributed by atoms with E-state index in [4.69, 9.17) is 4.74 Å². The van der Waals surface area contributed by atoms with Gasteiger partial charge in [-0.2, -0.15) is 0 Å². The van der Waals surface area contributed by atoms with Gasteiger partial charge in [0.1, 0.15) is 0 Å². The number of aliphatic hydroxyl groups is 1. The van der Waals surface area contributed by atoms with Crippen LogP contribution in [-0.4, -0.2) is 48.0 Å². The molecule has 3 nitrogen and oxygen atoms in total. The van der Waals surface area contributed by atoms with Gasteiger partial charge < -0.3 is 9.84 Å². The Balaban J connectivity index is 2.18. The summed E-state index contributed by atoms with van der Waals surface area (Å²) in [5.74, 6) is 0. The minimum atomic E-state index is -0.284. The van der Waals surface area contributed by atoms with Gasteiger partial charge in [0.05, 0.1) is 18.8 Å². The van der Waals surface area contributed by atoms with Gasteiger partial charge in [-0.25, -0.2) is 0 Å². The Kier molecular flexibility index (Phi) is 7.87. The average molecular weight is 257 g/mol. The zero-order valence-corrected chi connectivity index (χ0v) is 12.4. The maximum absolute atomic E-state index is 10.2. The molecule has 1 fully saturated rings. The summed E-state index contributed by atoms with van der Waals surface area (Å²) in [7, 11) is 0. The van der Waals surface area contributed by atoms with Gasteiger partial charge in [0.15, 0.2) is 0 Å². The van der Waals surface area contributed by atoms with Gasteiger partial charge in [0.2, 0.25) is 0 Å². The lowest BCUT2D eigenvalue weighted by molar-refractivity contribution is -0.0968. The highest BCUT2D eigenvalue weighted by Crippen LogP contribution is 2.16. The molecule has 18 heavy (non-hydrogen) atoms. The summed E-state index contributed by atoms with van der Waals surface area (Å²) in [6.07, 6.45) is 6.89. The van der Waals surface area contributed by atoms with Crippen molar-refractivity contribution in [1.29, 1.82) is 0 Å². The first-order valence-electron chi connectivity index (χ1n) is 7.68. The van der Waals surface area contributed by atoms with Crippen LogP contribution < -0.4 is 0 Å². The first-order valence-corrected chi connectivity index (χ1v) is 7.68. The van der Waals surface area contributed by atoms with Gasteiger partial charge in [0.25, 0.3) is 0 Å². The van der Waals surface area contributed by atoms with E-state index in [0.29, 0.717) is 6.04 Å². The molecule has 108 valence electrons. The van der Waals surface area contributed by atoms with Crippen LogP contribution >= 0.6 is 0 Å². The van der Waals surface area contributed by atoms with Crippen molar-refractivity contribution in [2.24, 2.45) is 0 Å². The molecular weight excluding hydrogens is 226 g/mol. The molecule has 1 aliphatic rings. The third-order valence-corrected chi connectivity index (χ3v) is 3.89. The van der Waals surface area contributed by atoms with Gasteiger partial charge >= 0.3 is 0 Å². The van der Waals surface area contributed by atoms with Crippen LogP contribution in [0.4, 0.5) is 0 Å². The molecule has 0 radical (unpaired) electrons. The van der Waals surface area contributed by atoms with E-state index in [0.717, 1.165) is 32.5 Å². The maximum Gasteiger partial charge on any atom is 0.0961 e. The van der Waals surface area contributed by atoms with Crippen molar-refractivity contribution in [2.45, 2.75) is 77.5 Å². The fourth-order valence-corrected chi connectivity index (χ4v) is 2.54. The maximum atomic E-state index is 10.2. The zero-order chi connectivity index (χ0) is 13.4. The summed E-state index contributed by atoms with van der Waals surface area (Å²) in [6, 6.07) is 0.549. The van der Waals surface area contributed by atoms with E-state index in [1.165, 1.54) is 25.7 Å². The van der Waals surface area contributed by atoms with Gasteiger partial charge in [0, 0.05) is 19.1 Å². The normalized spacial score (nSPS) is 23.5. The second-order valence-electron chi connectivity index (χ2n) is 5.77. The Morgan fingerprint density at radius 3 is 2.61 bits per heavy atom. The Morgan fingerprint density at radius 1 is 1.22 bits per heavy atom. The molecule has 0 aromatic rings. The Labute approximate surface area is 113 Å². The molecule has 3 heteroatoms. The summed E-state index contributed by atoms with van der Waals surface area (Å²) in [6.45, 7) is 9.28. The molecule has 0 amide bonds. The third-order valence-electron chi connectivity index (χ3n) is 3.89. The molecule has 0 spiro atoms. The van der Waals surface area contributed by atoms with E-state index in [9.17, 15) is 5.11 Å². The summed E-state index contributed by atoms with van der Waals surface area (Å²) < 4.78 is 5.71. The zero-order valence-electron chi connectivity index (χ0n) is 12.4. The van der Waals surface area contributed by atoms with Crippen molar-refractivity contribution < 1.29 is 9.84 Å². The Bertz CT molecular complexity index is 209. The van der Waals surface area contributed by atoms with E-state index in [1.807, 2.05) is 0 Å². The van der Waals surface area contributed by atoms with Crippen molar-refractivity contribution in [3.63, 3.8) is 0 Å². The molecule has 0 aromatic heterocycles. The van der Waals surface area contributed by atoms with Gasteiger partial charge in [-0.15, -0.1) is 0 Å². The van der Waals surface area contributed by atoms with Gasteiger partial charge in [-0.05, 0) is 20.3 Å². The van der Waals surface area contributed by atoms with E-state index < -0.39 is 0 Å². The third kappa shape index (κ3) is 5.68. The molecular formula is C15H31NO2. The molecule has 1 aliphatic heterocycles. The number of nitrogens with zero attached hydrogens (tertiary/aromatic N) is 1. The quantitative estimate of drug-likeness (QED) is 0.679. The van der Waals surface area contributed by atoms with E-state index in [-0.39, 0.29) is 12.2 Å². The number of hydrogen-bond donors (Lipinski definition) is 1. The van der Waals surface area contributed by atoms with Crippen molar-refractivity contribution in [3.05, 3.63) is 0 Å². The predicted octanol–water partition coefficient (Wildman–Crippen LogP) is 2.82. The van der Waals surface area contributed by atoms with Crippen molar-refractivity contribution in [3.8, 4) is 0 Å². The average Bonchev–Trinajstić information content (AvgIpc) is 2.38. The fourth-order valence-electron chi connectivity index (χ4n) is 2.54. The fraction of sp³-hybridized carbons (Fsp3) is 1.00. The summed E-state index contributed by atoms with van der Waals surface area (Å²) in [5, 5.41) is 10.2. The number of morpholine rings is 1. The molecule has 1 heterocycles. The van der Waals surface area contributed by atoms with Crippen molar-refractivity contribution in [1.82, 2.24) is 4.90 Å². The number of ether oxygens (including phenoxy) is 1. The molecule has 1 N–H and O–H groups in total. The second-order valence-corrected chi connectivity index (χ2v) is 5.77. The predicted molar refractivity (Wildman–Crippen MR) is 75.8 cm³/mol. The topological polar surface area (TPSA) is 32.7 Å². The largest absolute Gasteiger partial charge is 0.390 e. The second kappa shape index (κ2) is 8.89. The van der Waals surface area contributed by atoms with Crippen molar-refractivity contribution >= 4 is 0 Å². The first-order chi connectivity index (χ1) is 8.65. The molecule has 1 rings (SSSR count). The van der Waals surface area contributed by atoms with E-state index in [1.54, 1.807) is 0 Å². The van der Waals surface area contributed by atoms with Crippen LogP contribution in [0.3, 0.4) is 0 Å². The lowest BCUT2D eigenvalue weighted by Gasteiger charge is -2.37. The highest BCUT2D eigenvalue weighted by Gasteiger charge is 2.27. The number of rotatable bonds is 8. The molecule has 1 saturated heterocycles. The minimum Gasteiger partial charge on any atom is -0.390 e. The summed E-state index contributed by atoms with van der Waals surface area (Å²) in [4.78, 5) is 2.40. The van der Waals surface area contributed by atoms with Gasteiger partial charge in [-0.3, -0.25) is 4.90 Å². The number of unbranched alkanes of at least 4 members (excludes halogenated alkanes) is 4. The van der Waals surface area contributed by atoms with Crippen LogP contribution in [0.2, 0.25) is 0 Å². The molecule has 0 saturated carbocycles. The highest BCUT2D eigenvalue weighted by atomic mass is 16.5. The standard InChI is InChI=1S/C15H31NO2/c1-4-5-6-7-8-9-14(17)15-12-16(13(2)3)10-11-18-15/h13-15,17H,4-12H2,1-3H3. The smallest absolute Gasteiger partial charge is 0.0961 e. The molecule has 0 aliphatic carbocycles. The first kappa shape index (κ1) is 15.9. The van der Waals surface area contributed by atoms with E-state index >= 15 is 0 Å². The number of aliphatic hydroxyl groups excluding tert-OH is 1. The molecule has 0 bridgehead atoms. The monoisotopic (exact) mass is 257 g/mol. The summed E-state index contributed by atoms with van der Waals surface area (Å²) >= 11 is 0. The molecule has 2 atom stereocenters. The highest BCUT2D eigenvalue weighted by molar-refractivity contribution is 4.79. The van der Waals surface area contributed by atoms with Crippen LogP contribution in [0, 0.1) is 0 Å². The lowest BCUT2D eigenvalue weighted by Crippen LogP contribution is -2.50. The van der Waals surface area contributed by atoms with Crippen LogP contribution in [0.25, 0.3) is 0 Å². The minimum absolute atomic E-state index is 0.0207. The SMILES string of the molecule is CCCCCCCC(O)C1CN(C(C)C)CCO1. The Hall–Kier alpha value is -0.120. The van der Waals surface area contributed by atoms with E-state index in [2.05, 4.69) is 25.7 Å². The Morgan fingerprint density at radius 2 is 1.94 bits per heavy atom. The van der Waals surface area contributed by atoms with Crippen molar-refractivity contribution in [2.75, 3.05) is 19.7 Å². The van der Waals surface area contributed by atoms with Gasteiger partial charge in [-0.1, -0.05) is 39.0 Å². The van der Waals surface area contributed by atoms with Crippen LogP contribution in [0.5, 0.6) is 0 Å². The van der Waals surface area contributed by atoms with Crippen LogP contribution in [0.1, 0.15) is 59.3 Å². The summed E-state index contributed by atoms with van der Waals surface area (Å²) in [5.41, 5.74) is 0. The lowest BCUT2D eigenvalue weighted by atomic mass is 10.0. The van der Waals surface area contributed by atoms with Crippen LogP contribution in [-0.2, 0) is 4.74 Å². The van der Waals surface area contributed by atoms with Crippen LogP contribution in [0.15, 0.2) is 0 Å². The molecule has 0 aromatic carbocycles. The molecule has 2 unspecified atom stereocenters.